The molecule has 2 heterocycles. The van der Waals surface area contributed by atoms with Gasteiger partial charge >= 0.3 is 6.09 Å². The Morgan fingerprint density at radius 1 is 1.36 bits per heavy atom. The molecule has 128 valence electrons. The van der Waals surface area contributed by atoms with Crippen LogP contribution >= 0.6 is 0 Å². The van der Waals surface area contributed by atoms with Crippen molar-refractivity contribution in [1.82, 2.24) is 10.5 Å². The fourth-order valence-corrected chi connectivity index (χ4v) is 2.27. The number of rotatable bonds is 2. The molecule has 1 aromatic carbocycles. The Balaban J connectivity index is 1.72. The predicted octanol–water partition coefficient (Wildman–Crippen LogP) is 3.96. The van der Waals surface area contributed by atoms with Gasteiger partial charge in [-0.25, -0.2) is 4.79 Å². The van der Waals surface area contributed by atoms with E-state index < -0.39 is 11.7 Å². The van der Waals surface area contributed by atoms with E-state index in [1.54, 1.807) is 33.2 Å². The van der Waals surface area contributed by atoms with Crippen LogP contribution in [0.1, 0.15) is 26.5 Å². The van der Waals surface area contributed by atoms with Crippen molar-refractivity contribution in [2.75, 3.05) is 6.54 Å². The van der Waals surface area contributed by atoms with Crippen molar-refractivity contribution < 1.29 is 18.5 Å². The molecule has 0 saturated carbocycles. The maximum Gasteiger partial charge on any atom is 0.408 e. The van der Waals surface area contributed by atoms with Crippen molar-refractivity contribution in [2.24, 2.45) is 0 Å². The van der Waals surface area contributed by atoms with Gasteiger partial charge in [0.25, 0.3) is 0 Å². The molecule has 0 spiro atoms. The largest absolute Gasteiger partial charge is 0.448 e. The van der Waals surface area contributed by atoms with Gasteiger partial charge in [-0.05, 0) is 38.3 Å². The van der Waals surface area contributed by atoms with E-state index in [2.05, 4.69) is 22.3 Å². The number of ether oxygens (including phenoxy) is 1. The molecule has 1 amide bonds. The van der Waals surface area contributed by atoms with Gasteiger partial charge in [-0.2, -0.15) is 0 Å². The average molecular weight is 338 g/mol. The molecule has 2 aromatic heterocycles. The number of alkyl carbamates (subject to hydrolysis) is 1. The summed E-state index contributed by atoms with van der Waals surface area (Å²) in [6.45, 7) is 5.59. The smallest absolute Gasteiger partial charge is 0.408 e. The summed E-state index contributed by atoms with van der Waals surface area (Å²) in [5.41, 5.74) is 2.03. The van der Waals surface area contributed by atoms with Crippen molar-refractivity contribution >= 4 is 17.1 Å². The molecule has 6 nitrogen and oxygen atoms in total. The Kier molecular flexibility index (Phi) is 4.48. The number of aromatic nitrogens is 1. The molecular formula is C19H18N2O4. The third-order valence-corrected chi connectivity index (χ3v) is 3.24. The van der Waals surface area contributed by atoms with Gasteiger partial charge in [0.15, 0.2) is 5.76 Å². The molecule has 0 radical (unpaired) electrons. The summed E-state index contributed by atoms with van der Waals surface area (Å²) in [4.78, 5) is 11.5. The maximum absolute atomic E-state index is 11.5. The molecule has 3 rings (SSSR count). The molecule has 1 N–H and O–H groups in total. The van der Waals surface area contributed by atoms with Gasteiger partial charge in [0.2, 0.25) is 0 Å². The summed E-state index contributed by atoms with van der Waals surface area (Å²) in [6, 6.07) is 7.59. The quantitative estimate of drug-likeness (QED) is 0.716. The molecule has 0 bridgehead atoms. The van der Waals surface area contributed by atoms with E-state index in [4.69, 9.17) is 13.7 Å². The zero-order valence-electron chi connectivity index (χ0n) is 14.3. The zero-order valence-corrected chi connectivity index (χ0v) is 14.3. The first-order valence-electron chi connectivity index (χ1n) is 7.80. The Morgan fingerprint density at radius 3 is 2.92 bits per heavy atom. The lowest BCUT2D eigenvalue weighted by atomic mass is 10.1. The van der Waals surface area contributed by atoms with Crippen molar-refractivity contribution in [3.8, 4) is 23.0 Å². The van der Waals surface area contributed by atoms with Crippen LogP contribution in [0, 0.1) is 11.8 Å². The highest BCUT2D eigenvalue weighted by Gasteiger charge is 2.15. The van der Waals surface area contributed by atoms with E-state index in [1.807, 2.05) is 24.3 Å². The van der Waals surface area contributed by atoms with Gasteiger partial charge < -0.3 is 19.0 Å². The topological polar surface area (TPSA) is 77.5 Å². The number of hydrogen-bond acceptors (Lipinski definition) is 5. The Bertz CT molecular complexity index is 937. The average Bonchev–Trinajstić information content (AvgIpc) is 3.18. The van der Waals surface area contributed by atoms with Crippen LogP contribution in [0.3, 0.4) is 0 Å². The molecule has 3 aromatic rings. The molecule has 0 aliphatic carbocycles. The van der Waals surface area contributed by atoms with E-state index in [9.17, 15) is 4.79 Å². The molecule has 25 heavy (non-hydrogen) atoms. The fourth-order valence-electron chi connectivity index (χ4n) is 2.27. The highest BCUT2D eigenvalue weighted by molar-refractivity contribution is 5.94. The molecule has 0 aliphatic rings. The minimum atomic E-state index is -0.533. The predicted molar refractivity (Wildman–Crippen MR) is 92.8 cm³/mol. The number of benzene rings is 1. The van der Waals surface area contributed by atoms with Gasteiger partial charge in [0.1, 0.15) is 17.4 Å². The van der Waals surface area contributed by atoms with Gasteiger partial charge in [0.05, 0.1) is 12.7 Å². The second-order valence-corrected chi connectivity index (χ2v) is 6.40. The number of carbonyl (C=O) groups excluding carboxylic acids is 1. The SMILES string of the molecule is CC(C)(C)OC(=O)NCC#Cc1cc2c(-c3cnoc3)cccc2o1. The van der Waals surface area contributed by atoms with Crippen molar-refractivity contribution in [3.63, 3.8) is 0 Å². The van der Waals surface area contributed by atoms with E-state index in [-0.39, 0.29) is 6.54 Å². The van der Waals surface area contributed by atoms with E-state index in [0.717, 1.165) is 22.1 Å². The normalized spacial score (nSPS) is 11.0. The number of nitrogens with one attached hydrogen (secondary N) is 1. The van der Waals surface area contributed by atoms with Gasteiger partial charge in [0, 0.05) is 17.0 Å². The lowest BCUT2D eigenvalue weighted by Gasteiger charge is -2.18. The molecule has 6 heteroatoms. The number of nitrogens with zero attached hydrogens (tertiary/aromatic N) is 1. The summed E-state index contributed by atoms with van der Waals surface area (Å²) < 4.78 is 15.8. The molecule has 0 fully saturated rings. The van der Waals surface area contributed by atoms with Gasteiger partial charge in [-0.15, -0.1) is 0 Å². The minimum absolute atomic E-state index is 0.171. The molecule has 0 aliphatic heterocycles. The van der Waals surface area contributed by atoms with Crippen molar-refractivity contribution in [3.05, 3.63) is 42.5 Å². The number of fused-ring (bicyclic) bond motifs is 1. The number of hydrogen-bond donors (Lipinski definition) is 1. The van der Waals surface area contributed by atoms with Crippen LogP contribution in [0.5, 0.6) is 0 Å². The monoisotopic (exact) mass is 338 g/mol. The standard InChI is InChI=1S/C19H18N2O4/c1-19(2,3)25-18(22)20-9-5-6-14-10-16-15(13-11-21-23-12-13)7-4-8-17(16)24-14/h4,7-8,10-12H,9H2,1-3H3,(H,20,22). The van der Waals surface area contributed by atoms with Gasteiger partial charge in [-0.1, -0.05) is 23.2 Å². The van der Waals surface area contributed by atoms with E-state index in [1.165, 1.54) is 0 Å². The minimum Gasteiger partial charge on any atom is -0.448 e. The van der Waals surface area contributed by atoms with Crippen LogP contribution in [0.15, 0.2) is 45.7 Å². The van der Waals surface area contributed by atoms with Crippen LogP contribution in [0.2, 0.25) is 0 Å². The fraction of sp³-hybridized carbons (Fsp3) is 0.263. The van der Waals surface area contributed by atoms with Crippen molar-refractivity contribution in [1.29, 1.82) is 0 Å². The summed E-state index contributed by atoms with van der Waals surface area (Å²) >= 11 is 0. The van der Waals surface area contributed by atoms with Crippen LogP contribution in [0.4, 0.5) is 4.79 Å². The van der Waals surface area contributed by atoms with Crippen LogP contribution < -0.4 is 5.32 Å². The number of amides is 1. The zero-order chi connectivity index (χ0) is 17.9. The molecular weight excluding hydrogens is 320 g/mol. The van der Waals surface area contributed by atoms with Crippen LogP contribution in [-0.4, -0.2) is 23.4 Å². The number of carbonyl (C=O) groups is 1. The van der Waals surface area contributed by atoms with E-state index >= 15 is 0 Å². The summed E-state index contributed by atoms with van der Waals surface area (Å²) in [6.07, 6.45) is 2.73. The summed E-state index contributed by atoms with van der Waals surface area (Å²) in [5.74, 6) is 6.26. The lowest BCUT2D eigenvalue weighted by molar-refractivity contribution is 0.0535. The first-order chi connectivity index (χ1) is 11.9. The first kappa shape index (κ1) is 16.7. The third-order valence-electron chi connectivity index (χ3n) is 3.24. The van der Waals surface area contributed by atoms with Crippen LogP contribution in [0.25, 0.3) is 22.1 Å². The Hall–Kier alpha value is -3.20. The summed E-state index contributed by atoms with van der Waals surface area (Å²) in [5, 5.41) is 7.23. The molecule has 0 atom stereocenters. The van der Waals surface area contributed by atoms with E-state index in [0.29, 0.717) is 5.76 Å². The highest BCUT2D eigenvalue weighted by Crippen LogP contribution is 2.30. The lowest BCUT2D eigenvalue weighted by Crippen LogP contribution is -2.32. The number of furan rings is 1. The van der Waals surface area contributed by atoms with Crippen molar-refractivity contribution in [2.45, 2.75) is 26.4 Å². The highest BCUT2D eigenvalue weighted by atomic mass is 16.6. The second kappa shape index (κ2) is 6.73. The second-order valence-electron chi connectivity index (χ2n) is 6.40. The molecule has 0 unspecified atom stereocenters. The Morgan fingerprint density at radius 2 is 2.20 bits per heavy atom. The van der Waals surface area contributed by atoms with Gasteiger partial charge in [-0.3, -0.25) is 0 Å². The maximum atomic E-state index is 11.5. The summed E-state index contributed by atoms with van der Waals surface area (Å²) in [7, 11) is 0. The first-order valence-corrected chi connectivity index (χ1v) is 7.80. The van der Waals surface area contributed by atoms with Crippen LogP contribution in [-0.2, 0) is 4.74 Å². The third kappa shape index (κ3) is 4.21. The Labute approximate surface area is 145 Å². The molecule has 0 saturated heterocycles.